The predicted octanol–water partition coefficient (Wildman–Crippen LogP) is 2.90. The van der Waals surface area contributed by atoms with E-state index in [-0.39, 0.29) is 0 Å². The molecule has 0 fully saturated rings. The van der Waals surface area contributed by atoms with Gasteiger partial charge in [0.25, 0.3) is 0 Å². The Hall–Kier alpha value is -0.290. The summed E-state index contributed by atoms with van der Waals surface area (Å²) in [6.07, 6.45) is 2.02. The molecule has 12 heavy (non-hydrogen) atoms. The van der Waals surface area contributed by atoms with Crippen LogP contribution in [0.15, 0.2) is 18.3 Å². The Kier molecular flexibility index (Phi) is 2.00. The Morgan fingerprint density at radius 1 is 1.50 bits per heavy atom. The fraction of sp³-hybridized carbons (Fsp3) is 0.125. The van der Waals surface area contributed by atoms with E-state index in [1.807, 2.05) is 29.7 Å². The van der Waals surface area contributed by atoms with Crippen molar-refractivity contribution in [1.82, 2.24) is 9.38 Å². The number of hydrogen-bond donors (Lipinski definition) is 0. The monoisotopic (exact) mass is 292 g/mol. The third-order valence-electron chi connectivity index (χ3n) is 1.67. The van der Waals surface area contributed by atoms with Crippen LogP contribution >= 0.6 is 34.2 Å². The van der Waals surface area contributed by atoms with Crippen molar-refractivity contribution >= 4 is 39.8 Å². The Bertz CT molecular complexity index is 436. The van der Waals surface area contributed by atoms with Gasteiger partial charge in [0.2, 0.25) is 0 Å². The van der Waals surface area contributed by atoms with Crippen LogP contribution in [0.1, 0.15) is 5.56 Å². The lowest BCUT2D eigenvalue weighted by molar-refractivity contribution is 1.12. The number of pyridine rings is 1. The third kappa shape index (κ3) is 1.21. The van der Waals surface area contributed by atoms with E-state index in [9.17, 15) is 0 Å². The number of imidazole rings is 1. The van der Waals surface area contributed by atoms with Gasteiger partial charge in [-0.25, -0.2) is 4.98 Å². The zero-order valence-corrected chi connectivity index (χ0v) is 9.30. The van der Waals surface area contributed by atoms with Crippen LogP contribution in [-0.2, 0) is 0 Å². The van der Waals surface area contributed by atoms with Crippen molar-refractivity contribution in [2.75, 3.05) is 0 Å². The average Bonchev–Trinajstić information content (AvgIpc) is 2.31. The molecule has 0 aliphatic carbocycles. The van der Waals surface area contributed by atoms with Crippen LogP contribution in [-0.4, -0.2) is 9.38 Å². The number of rotatable bonds is 0. The zero-order valence-electron chi connectivity index (χ0n) is 6.38. The van der Waals surface area contributed by atoms with Crippen LogP contribution in [0, 0.1) is 10.6 Å². The highest BCUT2D eigenvalue weighted by Gasteiger charge is 2.05. The van der Waals surface area contributed by atoms with Crippen LogP contribution in [0.4, 0.5) is 0 Å². The van der Waals surface area contributed by atoms with Crippen LogP contribution < -0.4 is 0 Å². The van der Waals surface area contributed by atoms with Gasteiger partial charge >= 0.3 is 0 Å². The lowest BCUT2D eigenvalue weighted by atomic mass is 10.3. The molecule has 0 aromatic carbocycles. The Labute approximate surface area is 88.7 Å². The number of halogens is 2. The molecule has 0 amide bonds. The van der Waals surface area contributed by atoms with Crippen molar-refractivity contribution in [2.24, 2.45) is 0 Å². The van der Waals surface area contributed by atoms with E-state index < -0.39 is 0 Å². The number of hydrogen-bond acceptors (Lipinski definition) is 1. The molecule has 0 saturated carbocycles. The fourth-order valence-electron chi connectivity index (χ4n) is 1.09. The normalized spacial score (nSPS) is 10.9. The molecule has 0 N–H and O–H groups in total. The van der Waals surface area contributed by atoms with Gasteiger partial charge in [0.15, 0.2) is 5.15 Å². The van der Waals surface area contributed by atoms with E-state index in [0.29, 0.717) is 5.15 Å². The highest BCUT2D eigenvalue weighted by molar-refractivity contribution is 14.1. The minimum atomic E-state index is 0.571. The first kappa shape index (κ1) is 8.31. The molecule has 0 saturated heterocycles. The number of aryl methyl sites for hydroxylation is 1. The number of fused-ring (bicyclic) bond motifs is 1. The molecule has 0 spiro atoms. The summed E-state index contributed by atoms with van der Waals surface area (Å²) in [5.41, 5.74) is 2.10. The molecular formula is C8H6ClIN2. The fourth-order valence-corrected chi connectivity index (χ4v) is 1.78. The lowest BCUT2D eigenvalue weighted by Crippen LogP contribution is -1.87. The third-order valence-corrected chi connectivity index (χ3v) is 3.28. The second-order valence-electron chi connectivity index (χ2n) is 2.63. The van der Waals surface area contributed by atoms with E-state index in [0.717, 1.165) is 9.35 Å². The van der Waals surface area contributed by atoms with Gasteiger partial charge in [-0.1, -0.05) is 17.7 Å². The minimum Gasteiger partial charge on any atom is -0.293 e. The molecule has 0 aliphatic rings. The largest absolute Gasteiger partial charge is 0.293 e. The maximum atomic E-state index is 5.86. The van der Waals surface area contributed by atoms with Crippen LogP contribution in [0.3, 0.4) is 0 Å². The molecule has 62 valence electrons. The molecule has 0 atom stereocenters. The Morgan fingerprint density at radius 2 is 2.25 bits per heavy atom. The van der Waals surface area contributed by atoms with Gasteiger partial charge in [0.1, 0.15) is 9.35 Å². The maximum absolute atomic E-state index is 5.86. The van der Waals surface area contributed by atoms with Crippen molar-refractivity contribution in [1.29, 1.82) is 0 Å². The van der Waals surface area contributed by atoms with Crippen molar-refractivity contribution in [3.8, 4) is 0 Å². The molecule has 0 aliphatic heterocycles. The smallest absolute Gasteiger partial charge is 0.161 e. The molecule has 2 aromatic heterocycles. The van der Waals surface area contributed by atoms with Gasteiger partial charge < -0.3 is 0 Å². The molecule has 2 nitrogen and oxygen atoms in total. The second kappa shape index (κ2) is 2.88. The van der Waals surface area contributed by atoms with Gasteiger partial charge in [0, 0.05) is 6.20 Å². The Morgan fingerprint density at radius 3 is 3.00 bits per heavy atom. The molecule has 2 heterocycles. The van der Waals surface area contributed by atoms with Crippen molar-refractivity contribution in [3.63, 3.8) is 0 Å². The predicted molar refractivity (Wildman–Crippen MR) is 57.7 cm³/mol. The summed E-state index contributed by atoms with van der Waals surface area (Å²) >= 11 is 8.05. The summed E-state index contributed by atoms with van der Waals surface area (Å²) in [6.45, 7) is 2.05. The summed E-state index contributed by atoms with van der Waals surface area (Å²) in [7, 11) is 0. The maximum Gasteiger partial charge on any atom is 0.161 e. The number of nitrogens with zero attached hydrogens (tertiary/aromatic N) is 2. The highest BCUT2D eigenvalue weighted by atomic mass is 127. The van der Waals surface area contributed by atoms with Crippen LogP contribution in [0.5, 0.6) is 0 Å². The van der Waals surface area contributed by atoms with E-state index in [2.05, 4.69) is 27.6 Å². The standard InChI is InChI=1S/C8H6ClIN2/c1-5-2-3-6-11-7(9)8(10)12(6)4-5/h2-4H,1H3. The molecule has 2 rings (SSSR count). The second-order valence-corrected chi connectivity index (χ2v) is 4.01. The number of aromatic nitrogens is 2. The lowest BCUT2D eigenvalue weighted by Gasteiger charge is -1.95. The summed E-state index contributed by atoms with van der Waals surface area (Å²) in [5, 5.41) is 0.571. The van der Waals surface area contributed by atoms with E-state index >= 15 is 0 Å². The molecule has 0 bridgehead atoms. The van der Waals surface area contributed by atoms with E-state index in [1.165, 1.54) is 5.56 Å². The molecule has 2 aromatic rings. The zero-order chi connectivity index (χ0) is 8.72. The van der Waals surface area contributed by atoms with Crippen LogP contribution in [0.2, 0.25) is 5.15 Å². The van der Waals surface area contributed by atoms with E-state index in [1.54, 1.807) is 0 Å². The Balaban J connectivity index is 2.88. The summed E-state index contributed by atoms with van der Waals surface area (Å²) in [6, 6.07) is 3.98. The van der Waals surface area contributed by atoms with Gasteiger partial charge in [0.05, 0.1) is 0 Å². The first-order valence-electron chi connectivity index (χ1n) is 3.48. The first-order valence-corrected chi connectivity index (χ1v) is 4.94. The van der Waals surface area contributed by atoms with Gasteiger partial charge in [-0.05, 0) is 41.1 Å². The van der Waals surface area contributed by atoms with E-state index in [4.69, 9.17) is 11.6 Å². The van der Waals surface area contributed by atoms with Crippen molar-refractivity contribution in [2.45, 2.75) is 6.92 Å². The summed E-state index contributed by atoms with van der Waals surface area (Å²) < 4.78 is 2.95. The van der Waals surface area contributed by atoms with Crippen molar-refractivity contribution in [3.05, 3.63) is 32.7 Å². The van der Waals surface area contributed by atoms with Gasteiger partial charge in [-0.15, -0.1) is 0 Å². The highest BCUT2D eigenvalue weighted by Crippen LogP contribution is 2.19. The quantitative estimate of drug-likeness (QED) is 0.683. The van der Waals surface area contributed by atoms with Gasteiger partial charge in [-0.3, -0.25) is 4.40 Å². The molecule has 0 unspecified atom stereocenters. The topological polar surface area (TPSA) is 17.3 Å². The SMILES string of the molecule is Cc1ccc2nc(Cl)c(I)n2c1. The molecular weight excluding hydrogens is 286 g/mol. The minimum absolute atomic E-state index is 0.571. The van der Waals surface area contributed by atoms with Crippen LogP contribution in [0.25, 0.3) is 5.65 Å². The van der Waals surface area contributed by atoms with Gasteiger partial charge in [-0.2, -0.15) is 0 Å². The summed E-state index contributed by atoms with van der Waals surface area (Å²) in [5.74, 6) is 0. The average molecular weight is 293 g/mol. The molecule has 4 heteroatoms. The summed E-state index contributed by atoms with van der Waals surface area (Å²) in [4.78, 5) is 4.17. The first-order chi connectivity index (χ1) is 5.68. The molecule has 0 radical (unpaired) electrons. The van der Waals surface area contributed by atoms with Crippen molar-refractivity contribution < 1.29 is 0 Å².